The van der Waals surface area contributed by atoms with Crippen molar-refractivity contribution < 1.29 is 14.6 Å². The van der Waals surface area contributed by atoms with Crippen LogP contribution in [0.3, 0.4) is 0 Å². The first-order valence-electron chi connectivity index (χ1n) is 7.38. The van der Waals surface area contributed by atoms with Crippen molar-refractivity contribution in [3.05, 3.63) is 24.3 Å². The van der Waals surface area contributed by atoms with Gasteiger partial charge in [-0.15, -0.1) is 0 Å². The molecule has 112 valence electrons. The van der Waals surface area contributed by atoms with Crippen LogP contribution in [0.1, 0.15) is 26.2 Å². The van der Waals surface area contributed by atoms with Crippen LogP contribution in [0.25, 0.3) is 0 Å². The van der Waals surface area contributed by atoms with E-state index in [0.717, 1.165) is 6.54 Å². The standard InChI is InChI=1S/C16H25NO3/c1-13-7-5-6-10-17(13)11-14(18)12-20-16-9-4-3-8-15(16)19-2/h3-4,8-9,13-14,18H,5-7,10-12H2,1-2H3. The molecule has 0 radical (unpaired) electrons. The van der Waals surface area contributed by atoms with Gasteiger partial charge in [-0.1, -0.05) is 18.6 Å². The molecule has 1 fully saturated rings. The van der Waals surface area contributed by atoms with Crippen molar-refractivity contribution in [1.29, 1.82) is 0 Å². The molecule has 20 heavy (non-hydrogen) atoms. The van der Waals surface area contributed by atoms with E-state index in [9.17, 15) is 5.11 Å². The summed E-state index contributed by atoms with van der Waals surface area (Å²) in [6, 6.07) is 8.07. The number of piperidine rings is 1. The monoisotopic (exact) mass is 279 g/mol. The summed E-state index contributed by atoms with van der Waals surface area (Å²) in [6.45, 7) is 4.28. The molecule has 1 N–H and O–H groups in total. The highest BCUT2D eigenvalue weighted by Gasteiger charge is 2.21. The lowest BCUT2D eigenvalue weighted by atomic mass is 10.0. The number of β-amino-alcohol motifs (C(OH)–C–C–N with tert-alkyl or cyclic N) is 1. The maximum Gasteiger partial charge on any atom is 0.161 e. The van der Waals surface area contributed by atoms with Crippen molar-refractivity contribution in [3.8, 4) is 11.5 Å². The Hall–Kier alpha value is -1.26. The number of hydrogen-bond acceptors (Lipinski definition) is 4. The highest BCUT2D eigenvalue weighted by atomic mass is 16.5. The summed E-state index contributed by atoms with van der Waals surface area (Å²) < 4.78 is 10.9. The number of methoxy groups -OCH3 is 1. The van der Waals surface area contributed by atoms with Crippen LogP contribution < -0.4 is 9.47 Å². The molecule has 0 saturated carbocycles. The van der Waals surface area contributed by atoms with Gasteiger partial charge < -0.3 is 14.6 Å². The molecular formula is C16H25NO3. The molecule has 4 nitrogen and oxygen atoms in total. The topological polar surface area (TPSA) is 41.9 Å². The fourth-order valence-corrected chi connectivity index (χ4v) is 2.68. The largest absolute Gasteiger partial charge is 0.493 e. The molecule has 1 heterocycles. The molecule has 2 unspecified atom stereocenters. The average molecular weight is 279 g/mol. The SMILES string of the molecule is COc1ccccc1OCC(O)CN1CCCCC1C. The fourth-order valence-electron chi connectivity index (χ4n) is 2.68. The Morgan fingerprint density at radius 1 is 1.30 bits per heavy atom. The first-order chi connectivity index (χ1) is 9.70. The second-order valence-corrected chi connectivity index (χ2v) is 5.46. The zero-order valence-corrected chi connectivity index (χ0v) is 12.4. The van der Waals surface area contributed by atoms with E-state index in [4.69, 9.17) is 9.47 Å². The van der Waals surface area contributed by atoms with Gasteiger partial charge in [-0.3, -0.25) is 4.90 Å². The summed E-state index contributed by atoms with van der Waals surface area (Å²) in [6.07, 6.45) is 3.27. The second-order valence-electron chi connectivity index (χ2n) is 5.46. The van der Waals surface area contributed by atoms with Crippen molar-refractivity contribution in [2.45, 2.75) is 38.3 Å². The minimum absolute atomic E-state index is 0.295. The number of ether oxygens (including phenoxy) is 2. The molecule has 0 amide bonds. The molecule has 1 aliphatic heterocycles. The van der Waals surface area contributed by atoms with E-state index in [1.807, 2.05) is 24.3 Å². The van der Waals surface area contributed by atoms with E-state index < -0.39 is 6.10 Å². The number of nitrogens with zero attached hydrogens (tertiary/aromatic N) is 1. The van der Waals surface area contributed by atoms with Gasteiger partial charge in [-0.2, -0.15) is 0 Å². The van der Waals surface area contributed by atoms with Crippen LogP contribution in [-0.4, -0.2) is 49.0 Å². The third-order valence-corrected chi connectivity index (χ3v) is 3.89. The van der Waals surface area contributed by atoms with E-state index in [1.165, 1.54) is 19.3 Å². The van der Waals surface area contributed by atoms with Crippen LogP contribution in [0, 0.1) is 0 Å². The first kappa shape index (κ1) is 15.1. The highest BCUT2D eigenvalue weighted by Crippen LogP contribution is 2.26. The molecule has 1 aromatic carbocycles. The van der Waals surface area contributed by atoms with E-state index in [1.54, 1.807) is 7.11 Å². The number of aliphatic hydroxyl groups excluding tert-OH is 1. The van der Waals surface area contributed by atoms with Crippen LogP contribution in [0.5, 0.6) is 11.5 Å². The fraction of sp³-hybridized carbons (Fsp3) is 0.625. The molecule has 4 heteroatoms. The summed E-state index contributed by atoms with van der Waals surface area (Å²) in [5, 5.41) is 10.1. The van der Waals surface area contributed by atoms with Gasteiger partial charge in [0.2, 0.25) is 0 Å². The Labute approximate surface area is 121 Å². The maximum absolute atomic E-state index is 10.1. The number of aliphatic hydroxyl groups is 1. The Morgan fingerprint density at radius 2 is 2.05 bits per heavy atom. The predicted octanol–water partition coefficient (Wildman–Crippen LogP) is 2.31. The lowest BCUT2D eigenvalue weighted by molar-refractivity contribution is 0.0431. The molecule has 2 atom stereocenters. The Balaban J connectivity index is 1.81. The summed E-state index contributed by atoms with van der Waals surface area (Å²) in [5.74, 6) is 1.38. The van der Waals surface area contributed by atoms with Crippen LogP contribution in [0.15, 0.2) is 24.3 Å². The average Bonchev–Trinajstić information content (AvgIpc) is 2.48. The van der Waals surface area contributed by atoms with E-state index in [0.29, 0.717) is 30.7 Å². The van der Waals surface area contributed by atoms with Crippen LogP contribution in [-0.2, 0) is 0 Å². The highest BCUT2D eigenvalue weighted by molar-refractivity contribution is 5.39. The minimum atomic E-state index is -0.472. The third-order valence-electron chi connectivity index (χ3n) is 3.89. The van der Waals surface area contributed by atoms with Gasteiger partial charge in [0.25, 0.3) is 0 Å². The molecule has 0 spiro atoms. The lowest BCUT2D eigenvalue weighted by Crippen LogP contribution is -2.43. The second kappa shape index (κ2) is 7.50. The lowest BCUT2D eigenvalue weighted by Gasteiger charge is -2.34. The van der Waals surface area contributed by atoms with Crippen molar-refractivity contribution in [2.24, 2.45) is 0 Å². The number of likely N-dealkylation sites (tertiary alicyclic amines) is 1. The third kappa shape index (κ3) is 4.12. The van der Waals surface area contributed by atoms with Gasteiger partial charge in [0.1, 0.15) is 12.7 Å². The number of hydrogen-bond donors (Lipinski definition) is 1. The van der Waals surface area contributed by atoms with Crippen LogP contribution in [0.2, 0.25) is 0 Å². The van der Waals surface area contributed by atoms with Crippen LogP contribution >= 0.6 is 0 Å². The van der Waals surface area contributed by atoms with Crippen molar-refractivity contribution in [3.63, 3.8) is 0 Å². The number of para-hydroxylation sites is 2. The van der Waals surface area contributed by atoms with Gasteiger partial charge >= 0.3 is 0 Å². The number of benzene rings is 1. The zero-order valence-electron chi connectivity index (χ0n) is 12.4. The predicted molar refractivity (Wildman–Crippen MR) is 79.4 cm³/mol. The van der Waals surface area contributed by atoms with Gasteiger partial charge in [-0.25, -0.2) is 0 Å². The minimum Gasteiger partial charge on any atom is -0.493 e. The van der Waals surface area contributed by atoms with Crippen molar-refractivity contribution in [1.82, 2.24) is 4.90 Å². The van der Waals surface area contributed by atoms with E-state index in [2.05, 4.69) is 11.8 Å². The summed E-state index contributed by atoms with van der Waals surface area (Å²) in [5.41, 5.74) is 0. The van der Waals surface area contributed by atoms with Gasteiger partial charge in [0, 0.05) is 12.6 Å². The molecule has 1 aromatic rings. The van der Waals surface area contributed by atoms with Crippen molar-refractivity contribution in [2.75, 3.05) is 26.8 Å². The van der Waals surface area contributed by atoms with E-state index >= 15 is 0 Å². The summed E-state index contributed by atoms with van der Waals surface area (Å²) in [7, 11) is 1.62. The molecule has 1 aliphatic rings. The smallest absolute Gasteiger partial charge is 0.161 e. The quantitative estimate of drug-likeness (QED) is 0.867. The first-order valence-corrected chi connectivity index (χ1v) is 7.38. The number of rotatable bonds is 6. The van der Waals surface area contributed by atoms with Gasteiger partial charge in [-0.05, 0) is 38.4 Å². The van der Waals surface area contributed by atoms with Gasteiger partial charge in [0.05, 0.1) is 7.11 Å². The van der Waals surface area contributed by atoms with Crippen molar-refractivity contribution >= 4 is 0 Å². The summed E-state index contributed by atoms with van der Waals surface area (Å²) in [4.78, 5) is 2.35. The molecule has 0 aromatic heterocycles. The molecule has 2 rings (SSSR count). The zero-order chi connectivity index (χ0) is 14.4. The maximum atomic E-state index is 10.1. The van der Waals surface area contributed by atoms with Gasteiger partial charge in [0.15, 0.2) is 11.5 Å². The Kier molecular flexibility index (Phi) is 5.68. The Bertz CT molecular complexity index is 410. The summed E-state index contributed by atoms with van der Waals surface area (Å²) >= 11 is 0. The Morgan fingerprint density at radius 3 is 2.75 bits per heavy atom. The normalized spacial score (nSPS) is 21.4. The van der Waals surface area contributed by atoms with Crippen LogP contribution in [0.4, 0.5) is 0 Å². The van der Waals surface area contributed by atoms with E-state index in [-0.39, 0.29) is 0 Å². The molecular weight excluding hydrogens is 254 g/mol. The molecule has 1 saturated heterocycles. The molecule has 0 bridgehead atoms. The molecule has 0 aliphatic carbocycles.